The Labute approximate surface area is 68.7 Å². The highest BCUT2D eigenvalue weighted by Crippen LogP contribution is 2.20. The molecule has 1 aliphatic rings. The standard InChI is InChI=1S/C4H7NO2S3/c1-8-4-5-10(6,7)3-2-9-4/h2-3H2,1H3. The Hall–Kier alpha value is 0.320. The highest BCUT2D eigenvalue weighted by atomic mass is 32.2. The third kappa shape index (κ3) is 2.17. The molecule has 0 aromatic heterocycles. The van der Waals surface area contributed by atoms with Gasteiger partial charge in [0, 0.05) is 5.75 Å². The second-order valence-corrected chi connectivity index (χ2v) is 5.59. The van der Waals surface area contributed by atoms with E-state index in [1.54, 1.807) is 0 Å². The lowest BCUT2D eigenvalue weighted by molar-refractivity contribution is 0.599. The first-order valence-electron chi connectivity index (χ1n) is 2.63. The molecule has 0 aromatic carbocycles. The van der Waals surface area contributed by atoms with Gasteiger partial charge in [-0.2, -0.15) is 0 Å². The van der Waals surface area contributed by atoms with Crippen molar-refractivity contribution in [3.8, 4) is 0 Å². The molecule has 0 spiro atoms. The van der Waals surface area contributed by atoms with Gasteiger partial charge in [-0.3, -0.25) is 0 Å². The van der Waals surface area contributed by atoms with Crippen molar-refractivity contribution in [1.29, 1.82) is 0 Å². The smallest absolute Gasteiger partial charge is 0.205 e. The van der Waals surface area contributed by atoms with Crippen LogP contribution in [0.1, 0.15) is 0 Å². The van der Waals surface area contributed by atoms with E-state index < -0.39 is 10.0 Å². The molecule has 0 saturated heterocycles. The molecule has 0 N–H and O–H groups in total. The molecule has 1 aliphatic heterocycles. The van der Waals surface area contributed by atoms with Crippen molar-refractivity contribution in [1.82, 2.24) is 0 Å². The molecule has 0 unspecified atom stereocenters. The van der Waals surface area contributed by atoms with Crippen LogP contribution in [0, 0.1) is 0 Å². The molecule has 58 valence electrons. The molecule has 0 aliphatic carbocycles. The van der Waals surface area contributed by atoms with Gasteiger partial charge in [0.25, 0.3) is 10.0 Å². The summed E-state index contributed by atoms with van der Waals surface area (Å²) in [5.41, 5.74) is 0. The van der Waals surface area contributed by atoms with E-state index in [0.717, 1.165) is 0 Å². The zero-order valence-electron chi connectivity index (χ0n) is 5.40. The number of hydrogen-bond acceptors (Lipinski definition) is 4. The van der Waals surface area contributed by atoms with Crippen molar-refractivity contribution >= 4 is 37.9 Å². The molecular weight excluding hydrogens is 190 g/mol. The van der Waals surface area contributed by atoms with E-state index in [1.807, 2.05) is 6.26 Å². The number of nitrogens with zero attached hydrogens (tertiary/aromatic N) is 1. The zero-order valence-corrected chi connectivity index (χ0v) is 7.85. The second-order valence-electron chi connectivity index (χ2n) is 1.70. The molecule has 0 atom stereocenters. The van der Waals surface area contributed by atoms with E-state index in [4.69, 9.17) is 0 Å². The Morgan fingerprint density at radius 3 is 2.80 bits per heavy atom. The molecule has 0 bridgehead atoms. The minimum Gasteiger partial charge on any atom is -0.205 e. The Morgan fingerprint density at radius 1 is 1.70 bits per heavy atom. The normalized spacial score (nSPS) is 23.9. The lowest BCUT2D eigenvalue weighted by atomic mass is 11.0. The average molecular weight is 197 g/mol. The summed E-state index contributed by atoms with van der Waals surface area (Å²) in [6.45, 7) is 0. The second kappa shape index (κ2) is 3.15. The summed E-state index contributed by atoms with van der Waals surface area (Å²) in [5.74, 6) is 0.823. The van der Waals surface area contributed by atoms with Crippen molar-refractivity contribution in [3.05, 3.63) is 0 Å². The van der Waals surface area contributed by atoms with Gasteiger partial charge in [-0.15, -0.1) is 16.2 Å². The molecule has 0 radical (unpaired) electrons. The van der Waals surface area contributed by atoms with Crippen LogP contribution in [-0.4, -0.2) is 30.6 Å². The summed E-state index contributed by atoms with van der Waals surface area (Å²) in [5, 5.41) is 0. The maximum absolute atomic E-state index is 10.8. The lowest BCUT2D eigenvalue weighted by Gasteiger charge is -2.07. The van der Waals surface area contributed by atoms with Gasteiger partial charge < -0.3 is 0 Å². The predicted molar refractivity (Wildman–Crippen MR) is 47.2 cm³/mol. The fourth-order valence-corrected chi connectivity index (χ4v) is 4.10. The van der Waals surface area contributed by atoms with Crippen molar-refractivity contribution < 1.29 is 8.42 Å². The van der Waals surface area contributed by atoms with E-state index in [1.165, 1.54) is 23.5 Å². The Balaban J connectivity index is 2.87. The van der Waals surface area contributed by atoms with Crippen LogP contribution in [0.2, 0.25) is 0 Å². The molecule has 6 heteroatoms. The predicted octanol–water partition coefficient (Wildman–Crippen LogP) is 0.782. The third-order valence-corrected chi connectivity index (χ3v) is 4.67. The monoisotopic (exact) mass is 197 g/mol. The number of hydrogen-bond donors (Lipinski definition) is 0. The Morgan fingerprint density at radius 2 is 2.40 bits per heavy atom. The maximum Gasteiger partial charge on any atom is 0.255 e. The van der Waals surface area contributed by atoms with Gasteiger partial charge in [0.1, 0.15) is 4.38 Å². The van der Waals surface area contributed by atoms with Gasteiger partial charge in [-0.25, -0.2) is 8.42 Å². The van der Waals surface area contributed by atoms with Gasteiger partial charge in [0.2, 0.25) is 0 Å². The molecule has 0 fully saturated rings. The van der Waals surface area contributed by atoms with Crippen molar-refractivity contribution in [2.75, 3.05) is 17.8 Å². The Bertz CT molecular complexity index is 243. The first-order valence-corrected chi connectivity index (χ1v) is 6.45. The summed E-state index contributed by atoms with van der Waals surface area (Å²) in [6.07, 6.45) is 1.83. The molecule has 0 saturated carbocycles. The van der Waals surface area contributed by atoms with Crippen molar-refractivity contribution in [2.45, 2.75) is 0 Å². The van der Waals surface area contributed by atoms with E-state index >= 15 is 0 Å². The summed E-state index contributed by atoms with van der Waals surface area (Å²) < 4.78 is 25.8. The largest absolute Gasteiger partial charge is 0.255 e. The van der Waals surface area contributed by atoms with Crippen LogP contribution in [0.25, 0.3) is 0 Å². The summed E-state index contributed by atoms with van der Waals surface area (Å²) in [7, 11) is -3.10. The summed E-state index contributed by atoms with van der Waals surface area (Å²) in [4.78, 5) is 0. The minimum atomic E-state index is -3.10. The number of thioether (sulfide) groups is 2. The Kier molecular flexibility index (Phi) is 2.65. The van der Waals surface area contributed by atoms with E-state index in [-0.39, 0.29) is 5.75 Å². The first kappa shape index (κ1) is 8.42. The van der Waals surface area contributed by atoms with Crippen LogP contribution in [0.15, 0.2) is 4.40 Å². The molecule has 1 heterocycles. The fourth-order valence-electron chi connectivity index (χ4n) is 0.516. The fraction of sp³-hybridized carbons (Fsp3) is 0.750. The van der Waals surface area contributed by atoms with Crippen LogP contribution in [-0.2, 0) is 10.0 Å². The van der Waals surface area contributed by atoms with Gasteiger partial charge in [0.05, 0.1) is 5.75 Å². The first-order chi connectivity index (χ1) is 4.64. The van der Waals surface area contributed by atoms with Crippen LogP contribution in [0.3, 0.4) is 0 Å². The summed E-state index contributed by atoms with van der Waals surface area (Å²) in [6, 6.07) is 0. The van der Waals surface area contributed by atoms with E-state index in [2.05, 4.69) is 4.40 Å². The highest BCUT2D eigenvalue weighted by Gasteiger charge is 2.16. The van der Waals surface area contributed by atoms with Crippen LogP contribution in [0.4, 0.5) is 0 Å². The number of rotatable bonds is 0. The highest BCUT2D eigenvalue weighted by molar-refractivity contribution is 8.39. The molecule has 0 aromatic rings. The summed E-state index contributed by atoms with van der Waals surface area (Å²) >= 11 is 2.88. The molecular formula is C4H7NO2S3. The SMILES string of the molecule is CSC1=NS(=O)(=O)CCS1. The van der Waals surface area contributed by atoms with E-state index in [0.29, 0.717) is 10.1 Å². The third-order valence-electron chi connectivity index (χ3n) is 0.955. The lowest BCUT2D eigenvalue weighted by Crippen LogP contribution is -2.12. The van der Waals surface area contributed by atoms with E-state index in [9.17, 15) is 8.42 Å². The van der Waals surface area contributed by atoms with Crippen LogP contribution in [0.5, 0.6) is 0 Å². The van der Waals surface area contributed by atoms with Gasteiger partial charge in [-0.1, -0.05) is 11.8 Å². The van der Waals surface area contributed by atoms with Gasteiger partial charge in [-0.05, 0) is 6.26 Å². The van der Waals surface area contributed by atoms with Crippen LogP contribution >= 0.6 is 23.5 Å². The minimum absolute atomic E-state index is 0.182. The molecule has 3 nitrogen and oxygen atoms in total. The topological polar surface area (TPSA) is 46.5 Å². The van der Waals surface area contributed by atoms with Gasteiger partial charge in [0.15, 0.2) is 0 Å². The molecule has 10 heavy (non-hydrogen) atoms. The van der Waals surface area contributed by atoms with Crippen molar-refractivity contribution in [3.63, 3.8) is 0 Å². The number of sulfonamides is 1. The zero-order chi connectivity index (χ0) is 7.61. The maximum atomic E-state index is 10.8. The van der Waals surface area contributed by atoms with Gasteiger partial charge >= 0.3 is 0 Å². The molecule has 1 rings (SSSR count). The quantitative estimate of drug-likeness (QED) is 0.576. The average Bonchev–Trinajstić information content (AvgIpc) is 1.86. The van der Waals surface area contributed by atoms with Crippen molar-refractivity contribution in [2.24, 2.45) is 4.40 Å². The molecule has 0 amide bonds. The van der Waals surface area contributed by atoms with Crippen LogP contribution < -0.4 is 0 Å².